The standard InChI is InChI=1S/C17H19F3N4O3S/c1-16(21,10-25)27-15(26)24-13-9-11(4-5-12(13)17(18,19)20)3-2-6-22-14-23-7-8-28-14/h4-5,7-10H,2-3,6,21H2,1H3,(H,22,23)(H,24,26). The second kappa shape index (κ2) is 9.02. The lowest BCUT2D eigenvalue weighted by Crippen LogP contribution is -2.44. The molecule has 1 unspecified atom stereocenters. The van der Waals surface area contributed by atoms with E-state index in [0.717, 1.165) is 18.1 Å². The summed E-state index contributed by atoms with van der Waals surface area (Å²) in [7, 11) is 0. The first-order valence-electron chi connectivity index (χ1n) is 8.19. The topological polar surface area (TPSA) is 106 Å². The molecule has 7 nitrogen and oxygen atoms in total. The Morgan fingerprint density at radius 3 is 2.75 bits per heavy atom. The molecule has 0 aliphatic carbocycles. The zero-order chi connectivity index (χ0) is 20.8. The lowest BCUT2D eigenvalue weighted by molar-refractivity contribution is -0.137. The van der Waals surface area contributed by atoms with Crippen LogP contribution in [0.15, 0.2) is 29.8 Å². The Morgan fingerprint density at radius 2 is 2.14 bits per heavy atom. The number of rotatable bonds is 8. The number of nitrogens with two attached hydrogens (primary N) is 1. The zero-order valence-electron chi connectivity index (χ0n) is 14.9. The van der Waals surface area contributed by atoms with Crippen molar-refractivity contribution in [3.05, 3.63) is 40.9 Å². The molecular weight excluding hydrogens is 397 g/mol. The van der Waals surface area contributed by atoms with Crippen LogP contribution in [0.3, 0.4) is 0 Å². The summed E-state index contributed by atoms with van der Waals surface area (Å²) in [4.78, 5) is 26.6. The molecule has 1 heterocycles. The van der Waals surface area contributed by atoms with E-state index in [1.165, 1.54) is 23.5 Å². The van der Waals surface area contributed by atoms with E-state index in [4.69, 9.17) is 5.73 Å². The number of nitrogens with zero attached hydrogens (tertiary/aromatic N) is 1. The van der Waals surface area contributed by atoms with Crippen LogP contribution in [0.5, 0.6) is 0 Å². The Kier molecular flexibility index (Phi) is 6.97. The monoisotopic (exact) mass is 416 g/mol. The molecule has 0 saturated heterocycles. The van der Waals surface area contributed by atoms with Crippen LogP contribution in [0.25, 0.3) is 0 Å². The quantitative estimate of drug-likeness (QED) is 0.345. The smallest absolute Gasteiger partial charge is 0.418 e. The van der Waals surface area contributed by atoms with E-state index in [-0.39, 0.29) is 6.29 Å². The van der Waals surface area contributed by atoms with Gasteiger partial charge >= 0.3 is 12.3 Å². The molecule has 0 aliphatic heterocycles. The minimum atomic E-state index is -4.68. The Hall–Kier alpha value is -2.66. The van der Waals surface area contributed by atoms with E-state index in [0.29, 0.717) is 24.9 Å². The maximum absolute atomic E-state index is 13.2. The van der Waals surface area contributed by atoms with Crippen LogP contribution in [0.2, 0.25) is 0 Å². The van der Waals surface area contributed by atoms with Gasteiger partial charge in [0, 0.05) is 18.1 Å². The fourth-order valence-corrected chi connectivity index (χ4v) is 2.81. The highest BCUT2D eigenvalue weighted by Gasteiger charge is 2.34. The van der Waals surface area contributed by atoms with Crippen LogP contribution in [-0.4, -0.2) is 29.6 Å². The highest BCUT2D eigenvalue weighted by Crippen LogP contribution is 2.35. The van der Waals surface area contributed by atoms with Gasteiger partial charge in [-0.1, -0.05) is 6.07 Å². The molecule has 2 aromatic rings. The van der Waals surface area contributed by atoms with Gasteiger partial charge in [0.15, 0.2) is 11.4 Å². The Bertz CT molecular complexity index is 810. The van der Waals surface area contributed by atoms with Crippen molar-refractivity contribution in [1.29, 1.82) is 0 Å². The van der Waals surface area contributed by atoms with E-state index < -0.39 is 29.2 Å². The van der Waals surface area contributed by atoms with E-state index in [2.05, 4.69) is 15.0 Å². The summed E-state index contributed by atoms with van der Waals surface area (Å²) in [5.41, 5.74) is 2.51. The van der Waals surface area contributed by atoms with Gasteiger partial charge < -0.3 is 10.1 Å². The van der Waals surface area contributed by atoms with Gasteiger partial charge in [-0.05, 0) is 37.5 Å². The molecule has 0 spiro atoms. The minimum Gasteiger partial charge on any atom is -0.421 e. The van der Waals surface area contributed by atoms with Crippen LogP contribution >= 0.6 is 11.3 Å². The number of nitrogens with one attached hydrogen (secondary N) is 2. The van der Waals surface area contributed by atoms with Gasteiger partial charge in [0.2, 0.25) is 5.72 Å². The first-order chi connectivity index (χ1) is 13.1. The van der Waals surface area contributed by atoms with Gasteiger partial charge in [0.1, 0.15) is 0 Å². The summed E-state index contributed by atoms with van der Waals surface area (Å²) in [6, 6.07) is 3.46. The number of carbonyl (C=O) groups is 2. The number of hydrogen-bond donors (Lipinski definition) is 3. The lowest BCUT2D eigenvalue weighted by atomic mass is 10.0. The molecule has 28 heavy (non-hydrogen) atoms. The van der Waals surface area contributed by atoms with Crippen molar-refractivity contribution in [2.45, 2.75) is 31.7 Å². The average Bonchev–Trinajstić information content (AvgIpc) is 3.11. The summed E-state index contributed by atoms with van der Waals surface area (Å²) < 4.78 is 44.2. The number of hydrogen-bond acceptors (Lipinski definition) is 7. The number of benzene rings is 1. The maximum atomic E-state index is 13.2. The number of carbonyl (C=O) groups excluding carboxylic acids is 2. The second-order valence-electron chi connectivity index (χ2n) is 6.06. The van der Waals surface area contributed by atoms with Gasteiger partial charge in [-0.25, -0.2) is 9.78 Å². The number of aromatic nitrogens is 1. The molecule has 0 aliphatic rings. The number of aldehydes is 1. The number of thiazole rings is 1. The average molecular weight is 416 g/mol. The molecule has 1 aromatic heterocycles. The normalized spacial score (nSPS) is 13.5. The van der Waals surface area contributed by atoms with Crippen molar-refractivity contribution in [2.75, 3.05) is 17.2 Å². The predicted octanol–water partition coefficient (Wildman–Crippen LogP) is 3.63. The maximum Gasteiger partial charge on any atom is 0.418 e. The highest BCUT2D eigenvalue weighted by molar-refractivity contribution is 7.13. The highest BCUT2D eigenvalue weighted by atomic mass is 32.1. The molecule has 11 heteroatoms. The molecule has 2 rings (SSSR count). The Balaban J connectivity index is 2.06. The fourth-order valence-electron chi connectivity index (χ4n) is 2.26. The molecule has 152 valence electrons. The number of aryl methyl sites for hydroxylation is 1. The predicted molar refractivity (Wildman–Crippen MR) is 99.1 cm³/mol. The van der Waals surface area contributed by atoms with Gasteiger partial charge in [-0.3, -0.25) is 15.8 Å². The fraction of sp³-hybridized carbons (Fsp3) is 0.353. The van der Waals surface area contributed by atoms with Crippen LogP contribution in [0.1, 0.15) is 24.5 Å². The van der Waals surface area contributed by atoms with Crippen LogP contribution < -0.4 is 16.4 Å². The molecule has 0 radical (unpaired) electrons. The minimum absolute atomic E-state index is 0.170. The van der Waals surface area contributed by atoms with Gasteiger partial charge in [-0.15, -0.1) is 11.3 Å². The van der Waals surface area contributed by atoms with Gasteiger partial charge in [0.25, 0.3) is 0 Å². The summed E-state index contributed by atoms with van der Waals surface area (Å²) in [6.07, 6.45) is -2.99. The molecule has 1 aromatic carbocycles. The van der Waals surface area contributed by atoms with E-state index in [1.54, 1.807) is 6.20 Å². The molecule has 0 saturated carbocycles. The van der Waals surface area contributed by atoms with E-state index in [1.807, 2.05) is 10.7 Å². The van der Waals surface area contributed by atoms with Crippen molar-refractivity contribution < 1.29 is 27.5 Å². The first kappa shape index (κ1) is 21.6. The Labute approximate surface area is 163 Å². The molecule has 1 amide bonds. The molecule has 0 fully saturated rings. The van der Waals surface area contributed by atoms with Crippen molar-refractivity contribution in [1.82, 2.24) is 4.98 Å². The molecule has 1 atom stereocenters. The van der Waals surface area contributed by atoms with E-state index in [9.17, 15) is 22.8 Å². The van der Waals surface area contributed by atoms with Crippen molar-refractivity contribution in [3.63, 3.8) is 0 Å². The summed E-state index contributed by atoms with van der Waals surface area (Å²) >= 11 is 1.45. The van der Waals surface area contributed by atoms with Gasteiger partial charge in [-0.2, -0.15) is 13.2 Å². The number of alkyl halides is 3. The van der Waals surface area contributed by atoms with Crippen LogP contribution in [0.4, 0.5) is 28.8 Å². The molecule has 4 N–H and O–H groups in total. The number of anilines is 2. The third-order valence-corrected chi connectivity index (χ3v) is 4.25. The molecular formula is C17H19F3N4O3S. The number of ether oxygens (including phenoxy) is 1. The van der Waals surface area contributed by atoms with Crippen LogP contribution in [0, 0.1) is 0 Å². The lowest BCUT2D eigenvalue weighted by Gasteiger charge is -2.20. The zero-order valence-corrected chi connectivity index (χ0v) is 15.7. The van der Waals surface area contributed by atoms with Crippen molar-refractivity contribution in [3.8, 4) is 0 Å². The van der Waals surface area contributed by atoms with Crippen LogP contribution in [-0.2, 0) is 22.1 Å². The summed E-state index contributed by atoms with van der Waals surface area (Å²) in [5, 5.41) is 7.70. The first-order valence-corrected chi connectivity index (χ1v) is 9.07. The number of amides is 1. The molecule has 0 bridgehead atoms. The Morgan fingerprint density at radius 1 is 1.39 bits per heavy atom. The third kappa shape index (κ3) is 6.50. The second-order valence-corrected chi connectivity index (χ2v) is 6.96. The largest absolute Gasteiger partial charge is 0.421 e. The number of halogens is 3. The van der Waals surface area contributed by atoms with Gasteiger partial charge in [0.05, 0.1) is 11.3 Å². The summed E-state index contributed by atoms with van der Waals surface area (Å²) in [5.74, 6) is 0. The summed E-state index contributed by atoms with van der Waals surface area (Å²) in [6.45, 7) is 1.69. The van der Waals surface area contributed by atoms with Crippen molar-refractivity contribution in [2.24, 2.45) is 5.73 Å². The van der Waals surface area contributed by atoms with E-state index >= 15 is 0 Å². The SMILES string of the molecule is CC(N)(C=O)OC(=O)Nc1cc(CCCNc2nccs2)ccc1C(F)(F)F. The third-order valence-electron chi connectivity index (χ3n) is 3.52. The van der Waals surface area contributed by atoms with Crippen molar-refractivity contribution >= 4 is 34.5 Å².